The molecule has 5 nitrogen and oxygen atoms in total. The highest BCUT2D eigenvalue weighted by Gasteiger charge is 2.35. The van der Waals surface area contributed by atoms with E-state index in [1.54, 1.807) is 0 Å². The summed E-state index contributed by atoms with van der Waals surface area (Å²) in [4.78, 5) is 25.4. The normalized spacial score (nSPS) is 17.0. The first-order valence-electron chi connectivity index (χ1n) is 7.57. The van der Waals surface area contributed by atoms with Gasteiger partial charge in [-0.15, -0.1) is 0 Å². The minimum absolute atomic E-state index is 0.0541. The topological polar surface area (TPSA) is 69.6 Å². The summed E-state index contributed by atoms with van der Waals surface area (Å²) in [5, 5.41) is 11.6. The quantitative estimate of drug-likeness (QED) is 0.834. The molecule has 0 radical (unpaired) electrons. The molecule has 1 saturated heterocycles. The van der Waals surface area contributed by atoms with Gasteiger partial charge in [0, 0.05) is 25.8 Å². The third-order valence-corrected chi connectivity index (χ3v) is 4.57. The number of nitrogens with one attached hydrogen (secondary N) is 1. The Morgan fingerprint density at radius 3 is 2.48 bits per heavy atom. The molecule has 0 bridgehead atoms. The molecule has 0 aromatic heterocycles. The van der Waals surface area contributed by atoms with Gasteiger partial charge in [-0.1, -0.05) is 6.92 Å². The van der Waals surface area contributed by atoms with Gasteiger partial charge in [0.1, 0.15) is 11.6 Å². The Morgan fingerprint density at radius 1 is 1.30 bits per heavy atom. The second-order valence-corrected chi connectivity index (χ2v) is 5.88. The van der Waals surface area contributed by atoms with Gasteiger partial charge in [-0.3, -0.25) is 9.59 Å². The van der Waals surface area contributed by atoms with E-state index >= 15 is 0 Å². The second kappa shape index (κ2) is 7.04. The average molecular weight is 326 g/mol. The predicted molar refractivity (Wildman–Crippen MR) is 80.6 cm³/mol. The summed E-state index contributed by atoms with van der Waals surface area (Å²) in [5.41, 5.74) is -0.434. The summed E-state index contributed by atoms with van der Waals surface area (Å²) in [7, 11) is 0. The molecular formula is C16H20F2N2O3. The monoisotopic (exact) mass is 326 g/mol. The molecule has 2 amide bonds. The van der Waals surface area contributed by atoms with E-state index in [1.165, 1.54) is 4.90 Å². The number of hydrogen-bond acceptors (Lipinski definition) is 3. The zero-order valence-electron chi connectivity index (χ0n) is 12.9. The Labute approximate surface area is 133 Å². The van der Waals surface area contributed by atoms with Crippen molar-refractivity contribution in [1.29, 1.82) is 0 Å². The van der Waals surface area contributed by atoms with E-state index in [0.717, 1.165) is 18.6 Å². The summed E-state index contributed by atoms with van der Waals surface area (Å²) in [6, 6.07) is 2.71. The Morgan fingerprint density at radius 2 is 1.96 bits per heavy atom. The van der Waals surface area contributed by atoms with Gasteiger partial charge in [0.2, 0.25) is 0 Å². The van der Waals surface area contributed by atoms with Crippen LogP contribution >= 0.6 is 0 Å². The summed E-state index contributed by atoms with van der Waals surface area (Å²) in [6.45, 7) is 2.77. The molecule has 0 saturated carbocycles. The third kappa shape index (κ3) is 3.85. The van der Waals surface area contributed by atoms with E-state index in [2.05, 4.69) is 5.32 Å². The first-order valence-corrected chi connectivity index (χ1v) is 7.57. The van der Waals surface area contributed by atoms with Crippen LogP contribution in [0.3, 0.4) is 0 Å². The molecular weight excluding hydrogens is 306 g/mol. The minimum atomic E-state index is -0.955. The molecule has 1 aliphatic rings. The number of hydrogen-bond donors (Lipinski definition) is 2. The minimum Gasteiger partial charge on any atom is -0.396 e. The number of likely N-dealkylation sites (tertiary alicyclic amines) is 1. The van der Waals surface area contributed by atoms with E-state index in [0.29, 0.717) is 32.0 Å². The lowest BCUT2D eigenvalue weighted by molar-refractivity contribution is -0.145. The van der Waals surface area contributed by atoms with Crippen LogP contribution in [0.4, 0.5) is 14.5 Å². The zero-order chi connectivity index (χ0) is 17.0. The van der Waals surface area contributed by atoms with Crippen LogP contribution in [-0.4, -0.2) is 41.5 Å². The zero-order valence-corrected chi connectivity index (χ0v) is 12.9. The molecule has 1 aromatic carbocycles. The molecule has 2 N–H and O–H groups in total. The Kier molecular flexibility index (Phi) is 5.30. The highest BCUT2D eigenvalue weighted by molar-refractivity contribution is 6.39. The van der Waals surface area contributed by atoms with Crippen LogP contribution in [0.2, 0.25) is 0 Å². The van der Waals surface area contributed by atoms with Crippen molar-refractivity contribution in [1.82, 2.24) is 4.90 Å². The fraction of sp³-hybridized carbons (Fsp3) is 0.500. The molecule has 1 aliphatic heterocycles. The van der Waals surface area contributed by atoms with Crippen molar-refractivity contribution in [3.05, 3.63) is 29.8 Å². The van der Waals surface area contributed by atoms with Crippen LogP contribution in [-0.2, 0) is 9.59 Å². The number of benzene rings is 1. The highest BCUT2D eigenvalue weighted by atomic mass is 19.1. The number of nitrogens with zero attached hydrogens (tertiary/aromatic N) is 1. The Bertz CT molecular complexity index is 593. The predicted octanol–water partition coefficient (Wildman–Crippen LogP) is 1.91. The summed E-state index contributed by atoms with van der Waals surface area (Å²) in [6.07, 6.45) is 2.03. The number of rotatable bonds is 3. The van der Waals surface area contributed by atoms with E-state index in [1.807, 2.05) is 6.92 Å². The van der Waals surface area contributed by atoms with Crippen molar-refractivity contribution < 1.29 is 23.5 Å². The molecule has 126 valence electrons. The molecule has 2 rings (SSSR count). The van der Waals surface area contributed by atoms with Gasteiger partial charge >= 0.3 is 11.8 Å². The standard InChI is InChI=1S/C16H20F2N2O3/c1-2-16(10-21)5-7-20(8-6-16)15(23)14(22)19-13-4-3-11(17)9-12(13)18/h3-4,9,21H,2,5-8,10H2,1H3,(H,19,22). The van der Waals surface area contributed by atoms with Gasteiger partial charge in [-0.2, -0.15) is 0 Å². The molecule has 23 heavy (non-hydrogen) atoms. The average Bonchev–Trinajstić information content (AvgIpc) is 2.56. The fourth-order valence-corrected chi connectivity index (χ4v) is 2.72. The van der Waals surface area contributed by atoms with Gasteiger partial charge in [0.15, 0.2) is 0 Å². The lowest BCUT2D eigenvalue weighted by Crippen LogP contribution is -2.48. The molecule has 0 spiro atoms. The summed E-state index contributed by atoms with van der Waals surface area (Å²) >= 11 is 0. The van der Waals surface area contributed by atoms with E-state index < -0.39 is 23.4 Å². The SMILES string of the molecule is CCC1(CO)CCN(C(=O)C(=O)Nc2ccc(F)cc2F)CC1. The molecule has 1 fully saturated rings. The van der Waals surface area contributed by atoms with Crippen LogP contribution in [0, 0.1) is 17.0 Å². The van der Waals surface area contributed by atoms with E-state index in [-0.39, 0.29) is 17.7 Å². The van der Waals surface area contributed by atoms with E-state index in [9.17, 15) is 23.5 Å². The van der Waals surface area contributed by atoms with Crippen molar-refractivity contribution in [2.45, 2.75) is 26.2 Å². The number of piperidine rings is 1. The molecule has 1 aromatic rings. The first-order chi connectivity index (χ1) is 10.9. The summed E-state index contributed by atoms with van der Waals surface area (Å²) < 4.78 is 26.3. The van der Waals surface area contributed by atoms with Crippen molar-refractivity contribution >= 4 is 17.5 Å². The van der Waals surface area contributed by atoms with Crippen molar-refractivity contribution in [2.24, 2.45) is 5.41 Å². The van der Waals surface area contributed by atoms with Crippen LogP contribution in [0.15, 0.2) is 18.2 Å². The van der Waals surface area contributed by atoms with Crippen LogP contribution in [0.5, 0.6) is 0 Å². The number of aliphatic hydroxyl groups excluding tert-OH is 1. The largest absolute Gasteiger partial charge is 0.396 e. The fourth-order valence-electron chi connectivity index (χ4n) is 2.72. The smallest absolute Gasteiger partial charge is 0.313 e. The number of amides is 2. The maximum absolute atomic E-state index is 13.5. The number of carbonyl (C=O) groups excluding carboxylic acids is 2. The highest BCUT2D eigenvalue weighted by Crippen LogP contribution is 2.34. The first kappa shape index (κ1) is 17.3. The number of halogens is 2. The van der Waals surface area contributed by atoms with Crippen LogP contribution < -0.4 is 5.32 Å². The Hall–Kier alpha value is -2.02. The van der Waals surface area contributed by atoms with Crippen molar-refractivity contribution in [3.63, 3.8) is 0 Å². The third-order valence-electron chi connectivity index (χ3n) is 4.57. The van der Waals surface area contributed by atoms with Crippen molar-refractivity contribution in [2.75, 3.05) is 25.0 Å². The molecule has 1 heterocycles. The number of anilines is 1. The van der Waals surface area contributed by atoms with Crippen molar-refractivity contribution in [3.8, 4) is 0 Å². The van der Waals surface area contributed by atoms with Gasteiger partial charge in [0.25, 0.3) is 0 Å². The molecule has 7 heteroatoms. The van der Waals surface area contributed by atoms with Gasteiger partial charge in [0.05, 0.1) is 5.69 Å². The van der Waals surface area contributed by atoms with E-state index in [4.69, 9.17) is 0 Å². The Balaban J connectivity index is 1.97. The van der Waals surface area contributed by atoms with Gasteiger partial charge in [-0.25, -0.2) is 8.78 Å². The number of carbonyl (C=O) groups is 2. The van der Waals surface area contributed by atoms with Gasteiger partial charge < -0.3 is 15.3 Å². The number of aliphatic hydroxyl groups is 1. The molecule has 0 atom stereocenters. The maximum atomic E-state index is 13.5. The van der Waals surface area contributed by atoms with Gasteiger partial charge in [-0.05, 0) is 36.8 Å². The van der Waals surface area contributed by atoms with Crippen LogP contribution in [0.25, 0.3) is 0 Å². The maximum Gasteiger partial charge on any atom is 0.313 e. The molecule has 0 unspecified atom stereocenters. The van der Waals surface area contributed by atoms with Crippen LogP contribution in [0.1, 0.15) is 26.2 Å². The summed E-state index contributed by atoms with van der Waals surface area (Å²) in [5.74, 6) is -3.40. The lowest BCUT2D eigenvalue weighted by Gasteiger charge is -2.39. The lowest BCUT2D eigenvalue weighted by atomic mass is 9.77. The second-order valence-electron chi connectivity index (χ2n) is 5.88. The molecule has 0 aliphatic carbocycles.